The van der Waals surface area contributed by atoms with E-state index < -0.39 is 29.1 Å². The molecule has 190 valence electrons. The molecule has 1 N–H and O–H groups in total. The third-order valence-electron chi connectivity index (χ3n) is 7.22. The molecule has 0 aliphatic carbocycles. The van der Waals surface area contributed by atoms with Gasteiger partial charge < -0.3 is 19.3 Å². The van der Waals surface area contributed by atoms with Crippen molar-refractivity contribution in [2.24, 2.45) is 0 Å². The molecule has 0 radical (unpaired) electrons. The lowest BCUT2D eigenvalue weighted by Crippen LogP contribution is -2.60. The summed E-state index contributed by atoms with van der Waals surface area (Å²) >= 11 is 0. The molecule has 2 aromatic rings. The number of amides is 2. The van der Waals surface area contributed by atoms with Crippen LogP contribution in [0.1, 0.15) is 59.6 Å². The Kier molecular flexibility index (Phi) is 6.15. The second kappa shape index (κ2) is 8.58. The summed E-state index contributed by atoms with van der Waals surface area (Å²) in [5.74, 6) is -0.197. The number of piperidine rings is 1. The SMILES string of the molecule is COC(=O)N1CCn2c(C(F)(F)F)ccc2C12CCN(C(=O)c1ccc(C(C)(C)O)c(C)c1)CC2. The third kappa shape index (κ3) is 4.28. The minimum Gasteiger partial charge on any atom is -0.453 e. The van der Waals surface area contributed by atoms with Crippen molar-refractivity contribution in [1.82, 2.24) is 14.4 Å². The molecule has 2 aliphatic heterocycles. The summed E-state index contributed by atoms with van der Waals surface area (Å²) in [6, 6.07) is 7.65. The highest BCUT2D eigenvalue weighted by atomic mass is 19.4. The highest BCUT2D eigenvalue weighted by molar-refractivity contribution is 5.94. The van der Waals surface area contributed by atoms with Crippen LogP contribution in [-0.4, -0.2) is 58.2 Å². The number of aliphatic hydroxyl groups is 1. The summed E-state index contributed by atoms with van der Waals surface area (Å²) in [4.78, 5) is 29.0. The van der Waals surface area contributed by atoms with Crippen molar-refractivity contribution < 1.29 is 32.6 Å². The number of likely N-dealkylation sites (tertiary alicyclic amines) is 1. The lowest BCUT2D eigenvalue weighted by Gasteiger charge is -2.51. The summed E-state index contributed by atoms with van der Waals surface area (Å²) in [6.07, 6.45) is -4.52. The molecule has 2 amide bonds. The van der Waals surface area contributed by atoms with Crippen LogP contribution in [0, 0.1) is 6.92 Å². The number of hydrogen-bond acceptors (Lipinski definition) is 4. The number of fused-ring (bicyclic) bond motifs is 2. The number of carbonyl (C=O) groups is 2. The molecule has 2 aliphatic rings. The fourth-order valence-electron chi connectivity index (χ4n) is 5.56. The molecule has 0 unspecified atom stereocenters. The largest absolute Gasteiger partial charge is 0.453 e. The number of aryl methyl sites for hydroxylation is 1. The van der Waals surface area contributed by atoms with Crippen molar-refractivity contribution in [2.75, 3.05) is 26.7 Å². The van der Waals surface area contributed by atoms with E-state index in [-0.39, 0.29) is 44.9 Å². The summed E-state index contributed by atoms with van der Waals surface area (Å²) in [7, 11) is 1.25. The van der Waals surface area contributed by atoms with Gasteiger partial charge in [-0.3, -0.25) is 9.69 Å². The normalized spacial score (nSPS) is 17.9. The number of halogens is 3. The molecule has 4 rings (SSSR count). The van der Waals surface area contributed by atoms with Gasteiger partial charge in [0.2, 0.25) is 0 Å². The fraction of sp³-hybridized carbons (Fsp3) is 0.520. The summed E-state index contributed by atoms with van der Waals surface area (Å²) in [5, 5.41) is 10.3. The zero-order valence-electron chi connectivity index (χ0n) is 20.3. The van der Waals surface area contributed by atoms with Crippen molar-refractivity contribution >= 4 is 12.0 Å². The number of rotatable bonds is 2. The van der Waals surface area contributed by atoms with E-state index in [1.165, 1.54) is 22.6 Å². The van der Waals surface area contributed by atoms with Gasteiger partial charge in [-0.1, -0.05) is 6.07 Å². The second-order valence-corrected chi connectivity index (χ2v) is 9.79. The maximum absolute atomic E-state index is 13.6. The Morgan fingerprint density at radius 1 is 1.03 bits per heavy atom. The topological polar surface area (TPSA) is 75.0 Å². The summed E-state index contributed by atoms with van der Waals surface area (Å²) in [5.41, 5.74) is -0.362. The Hall–Kier alpha value is -3.01. The second-order valence-electron chi connectivity index (χ2n) is 9.79. The number of ether oxygens (including phenoxy) is 1. The predicted molar refractivity (Wildman–Crippen MR) is 122 cm³/mol. The zero-order valence-corrected chi connectivity index (χ0v) is 20.3. The average Bonchev–Trinajstić information content (AvgIpc) is 3.24. The summed E-state index contributed by atoms with van der Waals surface area (Å²) < 4.78 is 46.9. The third-order valence-corrected chi connectivity index (χ3v) is 7.22. The van der Waals surface area contributed by atoms with Crippen molar-refractivity contribution in [2.45, 2.75) is 57.5 Å². The number of hydrogen-bond donors (Lipinski definition) is 1. The number of benzene rings is 1. The molecule has 1 fully saturated rings. The molecule has 0 atom stereocenters. The Balaban J connectivity index is 1.62. The van der Waals surface area contributed by atoms with Gasteiger partial charge in [-0.15, -0.1) is 0 Å². The van der Waals surface area contributed by atoms with E-state index in [9.17, 15) is 27.9 Å². The predicted octanol–water partition coefficient (Wildman–Crippen LogP) is 4.26. The molecule has 3 heterocycles. The van der Waals surface area contributed by atoms with Crippen molar-refractivity contribution in [3.05, 3.63) is 58.4 Å². The van der Waals surface area contributed by atoms with Gasteiger partial charge in [-0.25, -0.2) is 4.79 Å². The average molecular weight is 494 g/mol. The lowest BCUT2D eigenvalue weighted by atomic mass is 9.81. The van der Waals surface area contributed by atoms with Crippen molar-refractivity contribution in [1.29, 1.82) is 0 Å². The highest BCUT2D eigenvalue weighted by Gasteiger charge is 2.50. The first-order valence-corrected chi connectivity index (χ1v) is 11.5. The van der Waals surface area contributed by atoms with Gasteiger partial charge in [0.1, 0.15) is 5.69 Å². The van der Waals surface area contributed by atoms with Crippen molar-refractivity contribution in [3.63, 3.8) is 0 Å². The van der Waals surface area contributed by atoms with E-state index in [0.29, 0.717) is 11.3 Å². The molecule has 1 aromatic carbocycles. The van der Waals surface area contributed by atoms with E-state index in [1.54, 1.807) is 36.9 Å². The first-order valence-electron chi connectivity index (χ1n) is 11.5. The van der Waals surface area contributed by atoms with Gasteiger partial charge in [-0.2, -0.15) is 13.2 Å². The summed E-state index contributed by atoms with van der Waals surface area (Å²) in [6.45, 7) is 5.83. The van der Waals surface area contributed by atoms with Crippen LogP contribution in [-0.2, 0) is 28.6 Å². The smallest absolute Gasteiger partial charge is 0.431 e. The van der Waals surface area contributed by atoms with Gasteiger partial charge in [-0.05, 0) is 69.0 Å². The van der Waals surface area contributed by atoms with E-state index >= 15 is 0 Å². The van der Waals surface area contributed by atoms with Crippen LogP contribution in [0.15, 0.2) is 30.3 Å². The molecule has 1 aromatic heterocycles. The van der Waals surface area contributed by atoms with Crippen LogP contribution in [0.4, 0.5) is 18.0 Å². The quantitative estimate of drug-likeness (QED) is 0.679. The van der Waals surface area contributed by atoms with Crippen LogP contribution in [0.2, 0.25) is 0 Å². The van der Waals surface area contributed by atoms with Gasteiger partial charge in [0.15, 0.2) is 0 Å². The maximum Gasteiger partial charge on any atom is 0.431 e. The highest BCUT2D eigenvalue weighted by Crippen LogP contribution is 2.45. The first kappa shape index (κ1) is 25.1. The van der Waals surface area contributed by atoms with E-state index in [1.807, 2.05) is 6.92 Å². The van der Waals surface area contributed by atoms with E-state index in [0.717, 1.165) is 17.2 Å². The van der Waals surface area contributed by atoms with Gasteiger partial charge in [0.25, 0.3) is 5.91 Å². The van der Waals surface area contributed by atoms with Gasteiger partial charge in [0, 0.05) is 37.4 Å². The minimum atomic E-state index is -4.50. The Labute approximate surface area is 202 Å². The van der Waals surface area contributed by atoms with Crippen molar-refractivity contribution in [3.8, 4) is 0 Å². The minimum absolute atomic E-state index is 0.0174. The number of aromatic nitrogens is 1. The standard InChI is InChI=1S/C25H30F3N3O4/c1-16-15-17(5-6-18(16)23(2,3)34)21(32)29-11-9-24(10-12-29)19-7-8-20(25(26,27)28)30(19)13-14-31(24)22(33)35-4/h5-8,15,34H,9-14H2,1-4H3. The van der Waals surface area contributed by atoms with Crippen LogP contribution >= 0.6 is 0 Å². The Bertz CT molecular complexity index is 1140. The molecule has 1 spiro atoms. The van der Waals surface area contributed by atoms with Crippen LogP contribution in [0.3, 0.4) is 0 Å². The van der Waals surface area contributed by atoms with E-state index in [2.05, 4.69) is 0 Å². The molecule has 1 saturated heterocycles. The number of carbonyl (C=O) groups excluding carboxylic acids is 2. The van der Waals surface area contributed by atoms with Gasteiger partial charge >= 0.3 is 12.3 Å². The molecule has 35 heavy (non-hydrogen) atoms. The molecular weight excluding hydrogens is 463 g/mol. The van der Waals surface area contributed by atoms with Crippen LogP contribution in [0.25, 0.3) is 0 Å². The zero-order chi connectivity index (χ0) is 25.8. The molecular formula is C25H30F3N3O4. The Morgan fingerprint density at radius 3 is 2.23 bits per heavy atom. The monoisotopic (exact) mass is 493 g/mol. The van der Waals surface area contributed by atoms with Crippen LogP contribution in [0.5, 0.6) is 0 Å². The fourth-order valence-corrected chi connectivity index (χ4v) is 5.56. The first-order chi connectivity index (χ1) is 16.3. The molecule has 10 heteroatoms. The molecule has 0 bridgehead atoms. The van der Waals surface area contributed by atoms with Crippen LogP contribution < -0.4 is 0 Å². The Morgan fingerprint density at radius 2 is 1.69 bits per heavy atom. The number of nitrogens with zero attached hydrogens (tertiary/aromatic N) is 3. The molecule has 7 nitrogen and oxygen atoms in total. The lowest BCUT2D eigenvalue weighted by molar-refractivity contribution is -0.144. The van der Waals surface area contributed by atoms with E-state index in [4.69, 9.17) is 4.74 Å². The number of alkyl halides is 3. The maximum atomic E-state index is 13.6. The number of methoxy groups -OCH3 is 1. The van der Waals surface area contributed by atoms with Gasteiger partial charge in [0.05, 0.1) is 18.2 Å². The molecule has 0 saturated carbocycles.